The van der Waals surface area contributed by atoms with Crippen LogP contribution in [-0.2, 0) is 6.42 Å². The number of likely N-dealkylation sites (N-methyl/N-ethyl adjacent to an activating group) is 1. The number of aromatic nitrogens is 1. The standard InChI is InChI=1S/C16H20N2S2/c1-17-10-12-4-3-5-14-15(12)18-16(20-14)11-6-8-13(19-2)9-7-11/h6-9,12,17H,3-5,10H2,1-2H3. The third-order valence-corrected chi connectivity index (χ3v) is 5.78. The summed E-state index contributed by atoms with van der Waals surface area (Å²) in [5.41, 5.74) is 2.60. The maximum absolute atomic E-state index is 4.95. The number of benzene rings is 1. The van der Waals surface area contributed by atoms with Gasteiger partial charge in [0.2, 0.25) is 0 Å². The van der Waals surface area contributed by atoms with Gasteiger partial charge < -0.3 is 5.32 Å². The largest absolute Gasteiger partial charge is 0.319 e. The van der Waals surface area contributed by atoms with Gasteiger partial charge in [0, 0.05) is 27.8 Å². The Kier molecular flexibility index (Phi) is 4.44. The van der Waals surface area contributed by atoms with Gasteiger partial charge >= 0.3 is 0 Å². The molecule has 0 amide bonds. The fourth-order valence-electron chi connectivity index (χ4n) is 2.81. The highest BCUT2D eigenvalue weighted by Crippen LogP contribution is 2.38. The summed E-state index contributed by atoms with van der Waals surface area (Å²) in [5.74, 6) is 0.597. The molecule has 0 bridgehead atoms. The number of hydrogen-bond acceptors (Lipinski definition) is 4. The van der Waals surface area contributed by atoms with Crippen molar-refractivity contribution in [3.8, 4) is 10.6 Å². The van der Waals surface area contributed by atoms with Crippen LogP contribution in [0.25, 0.3) is 10.6 Å². The molecule has 3 rings (SSSR count). The van der Waals surface area contributed by atoms with Crippen molar-refractivity contribution in [2.24, 2.45) is 0 Å². The molecular weight excluding hydrogens is 284 g/mol. The molecule has 1 unspecified atom stereocenters. The van der Waals surface area contributed by atoms with E-state index in [2.05, 4.69) is 35.8 Å². The molecule has 1 aromatic heterocycles. The summed E-state index contributed by atoms with van der Waals surface area (Å²) >= 11 is 3.67. The van der Waals surface area contributed by atoms with E-state index in [-0.39, 0.29) is 0 Å². The average molecular weight is 304 g/mol. The number of thiazole rings is 1. The Labute approximate surface area is 129 Å². The third-order valence-electron chi connectivity index (χ3n) is 3.86. The molecule has 1 aliphatic rings. The second-order valence-electron chi connectivity index (χ2n) is 5.20. The van der Waals surface area contributed by atoms with Crippen LogP contribution in [0.15, 0.2) is 29.2 Å². The minimum atomic E-state index is 0.597. The lowest BCUT2D eigenvalue weighted by Gasteiger charge is -2.20. The van der Waals surface area contributed by atoms with Gasteiger partial charge in [0.15, 0.2) is 0 Å². The molecule has 4 heteroatoms. The first-order valence-electron chi connectivity index (χ1n) is 7.10. The van der Waals surface area contributed by atoms with Crippen LogP contribution in [0.5, 0.6) is 0 Å². The Balaban J connectivity index is 1.91. The molecular formula is C16H20N2S2. The molecule has 106 valence electrons. The third kappa shape index (κ3) is 2.78. The minimum Gasteiger partial charge on any atom is -0.319 e. The lowest BCUT2D eigenvalue weighted by molar-refractivity contribution is 0.523. The van der Waals surface area contributed by atoms with Crippen LogP contribution in [0.3, 0.4) is 0 Å². The molecule has 1 heterocycles. The molecule has 0 spiro atoms. The molecule has 1 N–H and O–H groups in total. The summed E-state index contributed by atoms with van der Waals surface area (Å²) in [6, 6.07) is 8.77. The number of nitrogens with zero attached hydrogens (tertiary/aromatic N) is 1. The van der Waals surface area contributed by atoms with Gasteiger partial charge in [-0.05, 0) is 44.7 Å². The normalized spacial score (nSPS) is 18.0. The Morgan fingerprint density at radius 3 is 2.85 bits per heavy atom. The number of aryl methyl sites for hydroxylation is 1. The van der Waals surface area contributed by atoms with Crippen molar-refractivity contribution in [3.63, 3.8) is 0 Å². The quantitative estimate of drug-likeness (QED) is 0.858. The summed E-state index contributed by atoms with van der Waals surface area (Å²) in [4.78, 5) is 7.76. The molecule has 20 heavy (non-hydrogen) atoms. The Morgan fingerprint density at radius 1 is 1.35 bits per heavy atom. The SMILES string of the molecule is CNCC1CCCc2sc(-c3ccc(SC)cc3)nc21. The van der Waals surface area contributed by atoms with Gasteiger partial charge in [0.1, 0.15) is 5.01 Å². The molecule has 1 aromatic carbocycles. The molecule has 0 fully saturated rings. The second kappa shape index (κ2) is 6.29. The first kappa shape index (κ1) is 14.1. The zero-order chi connectivity index (χ0) is 13.9. The maximum atomic E-state index is 4.95. The zero-order valence-electron chi connectivity index (χ0n) is 12.0. The van der Waals surface area contributed by atoms with E-state index in [0.29, 0.717) is 5.92 Å². The van der Waals surface area contributed by atoms with Crippen LogP contribution in [0, 0.1) is 0 Å². The highest BCUT2D eigenvalue weighted by Gasteiger charge is 2.24. The van der Waals surface area contributed by atoms with Crippen molar-refractivity contribution in [1.82, 2.24) is 10.3 Å². The number of rotatable bonds is 4. The van der Waals surface area contributed by atoms with E-state index in [9.17, 15) is 0 Å². The number of fused-ring (bicyclic) bond motifs is 1. The number of nitrogens with one attached hydrogen (secondary N) is 1. The van der Waals surface area contributed by atoms with Gasteiger partial charge in [-0.3, -0.25) is 0 Å². The van der Waals surface area contributed by atoms with E-state index in [1.54, 1.807) is 11.8 Å². The van der Waals surface area contributed by atoms with Gasteiger partial charge in [-0.1, -0.05) is 12.1 Å². The van der Waals surface area contributed by atoms with E-state index >= 15 is 0 Å². The van der Waals surface area contributed by atoms with Gasteiger partial charge in [0.05, 0.1) is 5.69 Å². The summed E-state index contributed by atoms with van der Waals surface area (Å²) in [5, 5.41) is 4.49. The topological polar surface area (TPSA) is 24.9 Å². The predicted molar refractivity (Wildman–Crippen MR) is 88.9 cm³/mol. The summed E-state index contributed by atoms with van der Waals surface area (Å²) in [6.07, 6.45) is 5.88. The highest BCUT2D eigenvalue weighted by atomic mass is 32.2. The van der Waals surface area contributed by atoms with Gasteiger partial charge in [-0.15, -0.1) is 23.1 Å². The molecule has 2 nitrogen and oxygen atoms in total. The van der Waals surface area contributed by atoms with Crippen LogP contribution in [-0.4, -0.2) is 24.8 Å². The van der Waals surface area contributed by atoms with Crippen molar-refractivity contribution < 1.29 is 0 Å². The van der Waals surface area contributed by atoms with Crippen molar-refractivity contribution in [2.75, 3.05) is 19.8 Å². The van der Waals surface area contributed by atoms with Crippen LogP contribution < -0.4 is 5.32 Å². The number of thioether (sulfide) groups is 1. The Bertz CT molecular complexity index is 575. The average Bonchev–Trinajstić information content (AvgIpc) is 2.93. The van der Waals surface area contributed by atoms with Gasteiger partial charge in [0.25, 0.3) is 0 Å². The van der Waals surface area contributed by atoms with E-state index in [4.69, 9.17) is 4.98 Å². The maximum Gasteiger partial charge on any atom is 0.123 e. The lowest BCUT2D eigenvalue weighted by Crippen LogP contribution is -2.20. The Hall–Kier alpha value is -0.840. The second-order valence-corrected chi connectivity index (χ2v) is 7.17. The van der Waals surface area contributed by atoms with E-state index in [1.165, 1.54) is 45.3 Å². The zero-order valence-corrected chi connectivity index (χ0v) is 13.6. The summed E-state index contributed by atoms with van der Waals surface area (Å²) in [6.45, 7) is 1.04. The van der Waals surface area contributed by atoms with E-state index in [0.717, 1.165) is 6.54 Å². The lowest BCUT2D eigenvalue weighted by atomic mass is 9.91. The molecule has 0 saturated heterocycles. The monoisotopic (exact) mass is 304 g/mol. The van der Waals surface area contributed by atoms with Crippen molar-refractivity contribution in [2.45, 2.75) is 30.1 Å². The smallest absolute Gasteiger partial charge is 0.123 e. The van der Waals surface area contributed by atoms with E-state index in [1.807, 2.05) is 18.4 Å². The van der Waals surface area contributed by atoms with Crippen molar-refractivity contribution in [1.29, 1.82) is 0 Å². The fraction of sp³-hybridized carbons (Fsp3) is 0.438. The summed E-state index contributed by atoms with van der Waals surface area (Å²) < 4.78 is 0. The molecule has 0 aliphatic heterocycles. The molecule has 0 saturated carbocycles. The summed E-state index contributed by atoms with van der Waals surface area (Å²) in [7, 11) is 2.03. The number of hydrogen-bond donors (Lipinski definition) is 1. The minimum absolute atomic E-state index is 0.597. The van der Waals surface area contributed by atoms with Crippen molar-refractivity contribution >= 4 is 23.1 Å². The van der Waals surface area contributed by atoms with Crippen molar-refractivity contribution in [3.05, 3.63) is 34.8 Å². The van der Waals surface area contributed by atoms with E-state index < -0.39 is 0 Å². The van der Waals surface area contributed by atoms with Crippen LogP contribution in [0.4, 0.5) is 0 Å². The molecule has 1 atom stereocenters. The Morgan fingerprint density at radius 2 is 2.15 bits per heavy atom. The first-order valence-corrected chi connectivity index (χ1v) is 9.14. The van der Waals surface area contributed by atoms with Crippen LogP contribution >= 0.6 is 23.1 Å². The van der Waals surface area contributed by atoms with Crippen LogP contribution in [0.2, 0.25) is 0 Å². The molecule has 0 radical (unpaired) electrons. The molecule has 1 aliphatic carbocycles. The van der Waals surface area contributed by atoms with Gasteiger partial charge in [-0.2, -0.15) is 0 Å². The van der Waals surface area contributed by atoms with Crippen LogP contribution in [0.1, 0.15) is 29.3 Å². The molecule has 2 aromatic rings. The fourth-order valence-corrected chi connectivity index (χ4v) is 4.41. The predicted octanol–water partition coefficient (Wildman–Crippen LogP) is 4.17. The highest BCUT2D eigenvalue weighted by molar-refractivity contribution is 7.98. The first-order chi connectivity index (χ1) is 9.81. The van der Waals surface area contributed by atoms with Gasteiger partial charge in [-0.25, -0.2) is 4.98 Å².